The van der Waals surface area contributed by atoms with Crippen LogP contribution in [0.1, 0.15) is 28.8 Å². The van der Waals surface area contributed by atoms with Crippen molar-refractivity contribution in [1.29, 1.82) is 0 Å². The van der Waals surface area contributed by atoms with Gasteiger partial charge in [-0.2, -0.15) is 0 Å². The van der Waals surface area contributed by atoms with Crippen LogP contribution in [0.4, 0.5) is 0 Å². The first-order valence-electron chi connectivity index (χ1n) is 6.12. The third kappa shape index (κ3) is 3.31. The van der Waals surface area contributed by atoms with E-state index >= 15 is 0 Å². The molecule has 98 valence electrons. The Morgan fingerprint density at radius 3 is 2.16 bits per heavy atom. The number of aliphatic hydroxyl groups is 1. The zero-order valence-corrected chi connectivity index (χ0v) is 12.2. The number of carbonyl (C=O) groups excluding carboxylic acids is 1. The molecule has 2 aromatic carbocycles. The summed E-state index contributed by atoms with van der Waals surface area (Å²) in [4.78, 5) is 12.5. The molecule has 0 radical (unpaired) electrons. The van der Waals surface area contributed by atoms with Crippen LogP contribution in [0.5, 0.6) is 0 Å². The topological polar surface area (TPSA) is 37.3 Å². The van der Waals surface area contributed by atoms with Crippen LogP contribution in [0.15, 0.2) is 59.1 Å². The summed E-state index contributed by atoms with van der Waals surface area (Å²) in [5.74, 6) is -0.587. The quantitative estimate of drug-likeness (QED) is 0.871. The SMILES string of the molecule is CC(O)C(C(=O)c1ccc(Br)cc1)c1ccccc1. The standard InChI is InChI=1S/C16H15BrO2/c1-11(18)15(12-5-3-2-4-6-12)16(19)13-7-9-14(17)10-8-13/h2-11,15,18H,1H3. The van der Waals surface area contributed by atoms with E-state index < -0.39 is 12.0 Å². The molecule has 0 aromatic heterocycles. The van der Waals surface area contributed by atoms with Crippen molar-refractivity contribution >= 4 is 21.7 Å². The van der Waals surface area contributed by atoms with Crippen molar-refractivity contribution in [3.05, 3.63) is 70.2 Å². The molecular weight excluding hydrogens is 304 g/mol. The van der Waals surface area contributed by atoms with Crippen LogP contribution < -0.4 is 0 Å². The Morgan fingerprint density at radius 1 is 1.05 bits per heavy atom. The Balaban J connectivity index is 2.35. The highest BCUT2D eigenvalue weighted by Gasteiger charge is 2.26. The maximum atomic E-state index is 12.5. The van der Waals surface area contributed by atoms with Crippen molar-refractivity contribution in [2.24, 2.45) is 0 Å². The second kappa shape index (κ2) is 6.13. The van der Waals surface area contributed by atoms with Crippen LogP contribution >= 0.6 is 15.9 Å². The first-order valence-corrected chi connectivity index (χ1v) is 6.91. The highest BCUT2D eigenvalue weighted by atomic mass is 79.9. The molecule has 0 aliphatic rings. The normalized spacial score (nSPS) is 13.8. The maximum absolute atomic E-state index is 12.5. The van der Waals surface area contributed by atoms with E-state index in [0.717, 1.165) is 10.0 Å². The lowest BCUT2D eigenvalue weighted by Crippen LogP contribution is -2.23. The molecule has 19 heavy (non-hydrogen) atoms. The Kier molecular flexibility index (Phi) is 4.51. The van der Waals surface area contributed by atoms with E-state index in [4.69, 9.17) is 0 Å². The summed E-state index contributed by atoms with van der Waals surface area (Å²) in [6.45, 7) is 1.65. The van der Waals surface area contributed by atoms with Gasteiger partial charge in [0.2, 0.25) is 0 Å². The fraction of sp³-hybridized carbons (Fsp3) is 0.188. The van der Waals surface area contributed by atoms with Crippen LogP contribution in [-0.2, 0) is 0 Å². The molecule has 0 aliphatic heterocycles. The molecule has 2 nitrogen and oxygen atoms in total. The van der Waals surface area contributed by atoms with Gasteiger partial charge in [0.05, 0.1) is 12.0 Å². The Bertz CT molecular complexity index is 547. The van der Waals surface area contributed by atoms with E-state index in [9.17, 15) is 9.90 Å². The predicted molar refractivity (Wildman–Crippen MR) is 79.3 cm³/mol. The molecule has 2 unspecified atom stereocenters. The minimum absolute atomic E-state index is 0.0614. The molecule has 0 amide bonds. The molecule has 0 spiro atoms. The molecule has 0 bridgehead atoms. The zero-order valence-electron chi connectivity index (χ0n) is 10.6. The van der Waals surface area contributed by atoms with Crippen LogP contribution in [0.25, 0.3) is 0 Å². The smallest absolute Gasteiger partial charge is 0.172 e. The van der Waals surface area contributed by atoms with Gasteiger partial charge in [-0.1, -0.05) is 58.4 Å². The Labute approximate surface area is 121 Å². The minimum atomic E-state index is -0.724. The third-order valence-corrected chi connectivity index (χ3v) is 3.58. The molecule has 0 aliphatic carbocycles. The minimum Gasteiger partial charge on any atom is -0.392 e. The summed E-state index contributed by atoms with van der Waals surface area (Å²) in [5.41, 5.74) is 1.45. The average molecular weight is 319 g/mol. The molecule has 1 N–H and O–H groups in total. The molecule has 2 atom stereocenters. The van der Waals surface area contributed by atoms with Crippen molar-refractivity contribution in [2.45, 2.75) is 18.9 Å². The molecule has 2 rings (SSSR count). The van der Waals surface area contributed by atoms with Crippen molar-refractivity contribution in [3.8, 4) is 0 Å². The number of benzene rings is 2. The largest absolute Gasteiger partial charge is 0.392 e. The van der Waals surface area contributed by atoms with E-state index in [1.165, 1.54) is 0 Å². The molecule has 3 heteroatoms. The Hall–Kier alpha value is -1.45. The lowest BCUT2D eigenvalue weighted by Gasteiger charge is -2.19. The van der Waals surface area contributed by atoms with Crippen LogP contribution in [0.3, 0.4) is 0 Å². The van der Waals surface area contributed by atoms with Gasteiger partial charge in [0.15, 0.2) is 5.78 Å². The zero-order chi connectivity index (χ0) is 13.8. The number of aliphatic hydroxyl groups excluding tert-OH is 1. The van der Waals surface area contributed by atoms with Crippen molar-refractivity contribution in [2.75, 3.05) is 0 Å². The van der Waals surface area contributed by atoms with Gasteiger partial charge < -0.3 is 5.11 Å². The number of hydrogen-bond donors (Lipinski definition) is 1. The van der Waals surface area contributed by atoms with Gasteiger partial charge in [0, 0.05) is 10.0 Å². The average Bonchev–Trinajstić information content (AvgIpc) is 2.40. The lowest BCUT2D eigenvalue weighted by molar-refractivity contribution is 0.0841. The summed E-state index contributed by atoms with van der Waals surface area (Å²) < 4.78 is 0.928. The summed E-state index contributed by atoms with van der Waals surface area (Å²) in [6.07, 6.45) is -0.724. The van der Waals surface area contributed by atoms with Gasteiger partial charge in [0.25, 0.3) is 0 Å². The second-order valence-corrected chi connectivity index (χ2v) is 5.42. The maximum Gasteiger partial charge on any atom is 0.172 e. The first-order chi connectivity index (χ1) is 9.09. The van der Waals surface area contributed by atoms with Crippen LogP contribution in [0.2, 0.25) is 0 Å². The highest BCUT2D eigenvalue weighted by molar-refractivity contribution is 9.10. The van der Waals surface area contributed by atoms with E-state index in [-0.39, 0.29) is 5.78 Å². The lowest BCUT2D eigenvalue weighted by atomic mass is 9.87. The predicted octanol–water partition coefficient (Wildman–Crippen LogP) is 3.80. The number of rotatable bonds is 4. The highest BCUT2D eigenvalue weighted by Crippen LogP contribution is 2.25. The number of ketones is 1. The van der Waals surface area contributed by atoms with Crippen molar-refractivity contribution in [3.63, 3.8) is 0 Å². The monoisotopic (exact) mass is 318 g/mol. The molecule has 0 saturated heterocycles. The van der Waals surface area contributed by atoms with Gasteiger partial charge in [-0.3, -0.25) is 4.79 Å². The van der Waals surface area contributed by atoms with Gasteiger partial charge >= 0.3 is 0 Å². The molecule has 2 aromatic rings. The van der Waals surface area contributed by atoms with Gasteiger partial charge in [-0.05, 0) is 24.6 Å². The fourth-order valence-corrected chi connectivity index (χ4v) is 2.37. The van der Waals surface area contributed by atoms with Gasteiger partial charge in [-0.15, -0.1) is 0 Å². The van der Waals surface area contributed by atoms with E-state index in [0.29, 0.717) is 5.56 Å². The summed E-state index contributed by atoms with van der Waals surface area (Å²) in [6, 6.07) is 16.6. The molecule has 0 saturated carbocycles. The molecule has 0 heterocycles. The van der Waals surface area contributed by atoms with Crippen molar-refractivity contribution in [1.82, 2.24) is 0 Å². The Morgan fingerprint density at radius 2 is 1.63 bits per heavy atom. The number of hydrogen-bond acceptors (Lipinski definition) is 2. The summed E-state index contributed by atoms with van der Waals surface area (Å²) >= 11 is 3.34. The van der Waals surface area contributed by atoms with E-state index in [2.05, 4.69) is 15.9 Å². The number of carbonyl (C=O) groups is 1. The summed E-state index contributed by atoms with van der Waals surface area (Å²) in [5, 5.41) is 9.92. The van der Waals surface area contributed by atoms with E-state index in [1.807, 2.05) is 42.5 Å². The third-order valence-electron chi connectivity index (χ3n) is 3.05. The first kappa shape index (κ1) is 14.0. The van der Waals surface area contributed by atoms with Gasteiger partial charge in [-0.25, -0.2) is 0 Å². The van der Waals surface area contributed by atoms with E-state index in [1.54, 1.807) is 19.1 Å². The molecule has 0 fully saturated rings. The summed E-state index contributed by atoms with van der Waals surface area (Å²) in [7, 11) is 0. The van der Waals surface area contributed by atoms with Crippen molar-refractivity contribution < 1.29 is 9.90 Å². The number of Topliss-reactive ketones (excluding diaryl/α,β-unsaturated/α-hetero) is 1. The number of halogens is 1. The van der Waals surface area contributed by atoms with Crippen LogP contribution in [-0.4, -0.2) is 17.0 Å². The second-order valence-electron chi connectivity index (χ2n) is 4.50. The van der Waals surface area contributed by atoms with Gasteiger partial charge in [0.1, 0.15) is 0 Å². The fourth-order valence-electron chi connectivity index (χ4n) is 2.10. The molecular formula is C16H15BrO2. The van der Waals surface area contributed by atoms with Crippen LogP contribution in [0, 0.1) is 0 Å².